The van der Waals surface area contributed by atoms with E-state index < -0.39 is 0 Å². The van der Waals surface area contributed by atoms with E-state index >= 15 is 0 Å². The third kappa shape index (κ3) is 3.67. The lowest BCUT2D eigenvalue weighted by atomic mass is 9.91. The highest BCUT2D eigenvalue weighted by atomic mass is 14.7. The summed E-state index contributed by atoms with van der Waals surface area (Å²) in [6.45, 7) is 8.33. The molecule has 1 unspecified atom stereocenters. The van der Waals surface area contributed by atoms with Gasteiger partial charge in [0, 0.05) is 29.3 Å². The Morgan fingerprint density at radius 3 is 2.48 bits per heavy atom. The van der Waals surface area contributed by atoms with E-state index in [1.54, 1.807) is 0 Å². The van der Waals surface area contributed by atoms with Crippen molar-refractivity contribution in [3.05, 3.63) is 94.9 Å². The minimum Gasteiger partial charge on any atom is -0.264 e. The number of pyridine rings is 2. The Morgan fingerprint density at radius 1 is 0.897 bits per heavy atom. The standard InChI is InChI=1S/C25H22N2.C2H6/c1-16-6-9-21-18(12-16)8-10-22(21)25-23-13-17(2)5-7-19(23)14-24(27-25)20-4-3-11-26-15-20;1-2/h3-7,9,11-15,22H,8,10H2,1-2H3;1-2H3. The molecule has 0 fully saturated rings. The minimum absolute atomic E-state index is 0.363. The molecule has 1 atom stereocenters. The molecular formula is C27H28N2. The molecule has 0 saturated carbocycles. The molecule has 2 heterocycles. The fourth-order valence-corrected chi connectivity index (χ4v) is 4.35. The molecule has 1 aliphatic carbocycles. The summed E-state index contributed by atoms with van der Waals surface area (Å²) < 4.78 is 0. The number of fused-ring (bicyclic) bond motifs is 2. The van der Waals surface area contributed by atoms with E-state index in [2.05, 4.69) is 67.4 Å². The number of aryl methyl sites for hydroxylation is 3. The second-order valence-electron chi connectivity index (χ2n) is 7.65. The zero-order valence-corrected chi connectivity index (χ0v) is 17.7. The van der Waals surface area contributed by atoms with Crippen molar-refractivity contribution in [3.8, 4) is 11.3 Å². The molecule has 0 bridgehead atoms. The summed E-state index contributed by atoms with van der Waals surface area (Å²) in [6.07, 6.45) is 5.97. The third-order valence-corrected chi connectivity index (χ3v) is 5.68. The largest absolute Gasteiger partial charge is 0.264 e. The van der Waals surface area contributed by atoms with Gasteiger partial charge in [0.2, 0.25) is 0 Å². The van der Waals surface area contributed by atoms with Crippen LogP contribution in [-0.4, -0.2) is 9.97 Å². The van der Waals surface area contributed by atoms with Crippen LogP contribution in [0, 0.1) is 13.8 Å². The van der Waals surface area contributed by atoms with Crippen LogP contribution in [0.25, 0.3) is 22.0 Å². The second kappa shape index (κ2) is 8.16. The van der Waals surface area contributed by atoms with Crippen molar-refractivity contribution >= 4 is 10.8 Å². The van der Waals surface area contributed by atoms with Crippen molar-refractivity contribution in [3.63, 3.8) is 0 Å². The Hall–Kier alpha value is -3.00. The number of hydrogen-bond donors (Lipinski definition) is 0. The Labute approximate surface area is 173 Å². The molecular weight excluding hydrogens is 352 g/mol. The van der Waals surface area contributed by atoms with Gasteiger partial charge in [-0.3, -0.25) is 9.97 Å². The molecule has 1 aliphatic rings. The van der Waals surface area contributed by atoms with E-state index in [4.69, 9.17) is 4.98 Å². The lowest BCUT2D eigenvalue weighted by Crippen LogP contribution is -2.03. The van der Waals surface area contributed by atoms with E-state index in [9.17, 15) is 0 Å². The number of rotatable bonds is 2. The summed E-state index contributed by atoms with van der Waals surface area (Å²) in [5.74, 6) is 0.363. The first-order valence-corrected chi connectivity index (χ1v) is 10.6. The maximum Gasteiger partial charge on any atom is 0.0727 e. The fourth-order valence-electron chi connectivity index (χ4n) is 4.35. The highest BCUT2D eigenvalue weighted by Crippen LogP contribution is 2.41. The molecule has 2 nitrogen and oxygen atoms in total. The summed E-state index contributed by atoms with van der Waals surface area (Å²) in [6, 6.07) is 19.8. The summed E-state index contributed by atoms with van der Waals surface area (Å²) in [4.78, 5) is 9.46. The molecule has 4 aromatic rings. The first-order valence-electron chi connectivity index (χ1n) is 10.6. The first-order chi connectivity index (χ1) is 14.2. The molecule has 0 radical (unpaired) electrons. The zero-order valence-electron chi connectivity index (χ0n) is 17.7. The predicted molar refractivity (Wildman–Crippen MR) is 122 cm³/mol. The van der Waals surface area contributed by atoms with Crippen molar-refractivity contribution in [2.45, 2.75) is 46.5 Å². The van der Waals surface area contributed by atoms with Crippen LogP contribution >= 0.6 is 0 Å². The third-order valence-electron chi connectivity index (χ3n) is 5.68. The van der Waals surface area contributed by atoms with Gasteiger partial charge in [-0.2, -0.15) is 0 Å². The summed E-state index contributed by atoms with van der Waals surface area (Å²) in [5, 5.41) is 2.53. The molecule has 2 heteroatoms. The fraction of sp³-hybridized carbons (Fsp3) is 0.259. The van der Waals surface area contributed by atoms with E-state index in [1.165, 1.54) is 38.7 Å². The van der Waals surface area contributed by atoms with Gasteiger partial charge in [0.25, 0.3) is 0 Å². The Balaban J connectivity index is 0.000000994. The van der Waals surface area contributed by atoms with E-state index in [0.29, 0.717) is 5.92 Å². The van der Waals surface area contributed by atoms with Crippen molar-refractivity contribution in [2.24, 2.45) is 0 Å². The number of nitrogens with zero attached hydrogens (tertiary/aromatic N) is 2. The Morgan fingerprint density at radius 2 is 1.69 bits per heavy atom. The minimum atomic E-state index is 0.363. The van der Waals surface area contributed by atoms with Crippen LogP contribution < -0.4 is 0 Å². The Kier molecular flexibility index (Phi) is 5.44. The van der Waals surface area contributed by atoms with Crippen LogP contribution in [0.4, 0.5) is 0 Å². The van der Waals surface area contributed by atoms with E-state index in [0.717, 1.165) is 24.1 Å². The molecule has 0 aliphatic heterocycles. The van der Waals surface area contributed by atoms with Crippen LogP contribution in [0.1, 0.15) is 54.1 Å². The monoisotopic (exact) mass is 380 g/mol. The summed E-state index contributed by atoms with van der Waals surface area (Å²) in [7, 11) is 0. The molecule has 0 N–H and O–H groups in total. The molecule has 0 saturated heterocycles. The van der Waals surface area contributed by atoms with Crippen LogP contribution in [0.3, 0.4) is 0 Å². The second-order valence-corrected chi connectivity index (χ2v) is 7.65. The SMILES string of the molecule is CC.Cc1ccc2c(c1)CCC2c1nc(-c2cccnc2)cc2ccc(C)cc12. The summed E-state index contributed by atoms with van der Waals surface area (Å²) in [5.41, 5.74) is 8.83. The van der Waals surface area contributed by atoms with Gasteiger partial charge in [-0.15, -0.1) is 0 Å². The molecule has 0 amide bonds. The molecule has 2 aromatic heterocycles. The zero-order chi connectivity index (χ0) is 20.4. The maximum absolute atomic E-state index is 5.18. The molecule has 29 heavy (non-hydrogen) atoms. The average Bonchev–Trinajstić information content (AvgIpc) is 3.18. The number of hydrogen-bond acceptors (Lipinski definition) is 2. The number of benzene rings is 2. The molecule has 5 rings (SSSR count). The van der Waals surface area contributed by atoms with Gasteiger partial charge in [-0.25, -0.2) is 0 Å². The van der Waals surface area contributed by atoms with Crippen LogP contribution in [0.15, 0.2) is 67.0 Å². The topological polar surface area (TPSA) is 25.8 Å². The molecule has 0 spiro atoms. The van der Waals surface area contributed by atoms with E-state index in [-0.39, 0.29) is 0 Å². The van der Waals surface area contributed by atoms with Crippen LogP contribution in [0.5, 0.6) is 0 Å². The van der Waals surface area contributed by atoms with Crippen molar-refractivity contribution in [1.82, 2.24) is 9.97 Å². The van der Waals surface area contributed by atoms with Crippen molar-refractivity contribution in [2.75, 3.05) is 0 Å². The van der Waals surface area contributed by atoms with Gasteiger partial charge >= 0.3 is 0 Å². The van der Waals surface area contributed by atoms with Gasteiger partial charge in [-0.05, 0) is 67.5 Å². The predicted octanol–water partition coefficient (Wildman–Crippen LogP) is 7.02. The normalized spacial score (nSPS) is 15.0. The Bertz CT molecular complexity index is 1150. The maximum atomic E-state index is 5.18. The first kappa shape index (κ1) is 19.3. The molecule has 146 valence electrons. The van der Waals surface area contributed by atoms with Gasteiger partial charge in [0.15, 0.2) is 0 Å². The molecule has 2 aromatic carbocycles. The highest BCUT2D eigenvalue weighted by molar-refractivity contribution is 5.89. The number of aromatic nitrogens is 2. The van der Waals surface area contributed by atoms with Gasteiger partial charge in [-0.1, -0.05) is 55.3 Å². The van der Waals surface area contributed by atoms with Crippen molar-refractivity contribution < 1.29 is 0 Å². The van der Waals surface area contributed by atoms with Gasteiger partial charge < -0.3 is 0 Å². The lowest BCUT2D eigenvalue weighted by Gasteiger charge is -2.17. The van der Waals surface area contributed by atoms with Gasteiger partial charge in [0.1, 0.15) is 0 Å². The van der Waals surface area contributed by atoms with E-state index in [1.807, 2.05) is 32.3 Å². The van der Waals surface area contributed by atoms with Crippen molar-refractivity contribution in [1.29, 1.82) is 0 Å². The van der Waals surface area contributed by atoms with Crippen LogP contribution in [0.2, 0.25) is 0 Å². The summed E-state index contributed by atoms with van der Waals surface area (Å²) >= 11 is 0. The highest BCUT2D eigenvalue weighted by Gasteiger charge is 2.27. The quantitative estimate of drug-likeness (QED) is 0.373. The lowest BCUT2D eigenvalue weighted by molar-refractivity contribution is 0.770. The smallest absolute Gasteiger partial charge is 0.0727 e. The average molecular weight is 381 g/mol. The van der Waals surface area contributed by atoms with Crippen LogP contribution in [-0.2, 0) is 6.42 Å². The van der Waals surface area contributed by atoms with Gasteiger partial charge in [0.05, 0.1) is 11.4 Å².